The maximum atomic E-state index is 11.1. The summed E-state index contributed by atoms with van der Waals surface area (Å²) < 4.78 is 5.00. The van der Waals surface area contributed by atoms with Crippen molar-refractivity contribution in [2.75, 3.05) is 26.1 Å². The molecule has 0 unspecified atom stereocenters. The van der Waals surface area contributed by atoms with E-state index >= 15 is 0 Å². The van der Waals surface area contributed by atoms with Crippen molar-refractivity contribution in [3.05, 3.63) is 58.1 Å². The van der Waals surface area contributed by atoms with Crippen LogP contribution in [0.25, 0.3) is 0 Å². The number of hydrogen-bond donors (Lipinski definition) is 0. The smallest absolute Gasteiger partial charge is 0.298 e. The Labute approximate surface area is 128 Å². The van der Waals surface area contributed by atoms with E-state index in [-0.39, 0.29) is 5.69 Å². The summed E-state index contributed by atoms with van der Waals surface area (Å²) in [6, 6.07) is 12.3. The topological polar surface area (TPSA) is 68.0 Å². The van der Waals surface area contributed by atoms with Crippen LogP contribution in [0.3, 0.4) is 0 Å². The summed E-state index contributed by atoms with van der Waals surface area (Å²) in [7, 11) is 5.39. The maximum absolute atomic E-state index is 11.1. The molecule has 0 saturated carbocycles. The largest absolute Gasteiger partial charge is 0.496 e. The predicted octanol–water partition coefficient (Wildman–Crippen LogP) is 3.42. The van der Waals surface area contributed by atoms with Crippen molar-refractivity contribution in [2.45, 2.75) is 0 Å². The van der Waals surface area contributed by atoms with Gasteiger partial charge in [0.2, 0.25) is 0 Å². The van der Waals surface area contributed by atoms with Crippen molar-refractivity contribution < 1.29 is 9.66 Å². The van der Waals surface area contributed by atoms with Crippen molar-refractivity contribution in [1.29, 1.82) is 0 Å². The second-order valence-corrected chi connectivity index (χ2v) is 4.86. The molecule has 6 nitrogen and oxygen atoms in total. The molecule has 0 bridgehead atoms. The molecule has 0 aliphatic heterocycles. The van der Waals surface area contributed by atoms with Crippen LogP contribution in [0.15, 0.2) is 47.5 Å². The first-order valence-electron chi connectivity index (χ1n) is 6.65. The number of nitro groups is 1. The molecule has 0 fully saturated rings. The first kappa shape index (κ1) is 15.5. The van der Waals surface area contributed by atoms with Gasteiger partial charge in [0.15, 0.2) is 0 Å². The third kappa shape index (κ3) is 3.60. The number of ether oxygens (including phenoxy) is 1. The van der Waals surface area contributed by atoms with Gasteiger partial charge in [-0.1, -0.05) is 12.1 Å². The molecule has 2 rings (SSSR count). The van der Waals surface area contributed by atoms with Gasteiger partial charge < -0.3 is 9.64 Å². The van der Waals surface area contributed by atoms with Crippen molar-refractivity contribution >= 4 is 23.3 Å². The molecule has 22 heavy (non-hydrogen) atoms. The highest BCUT2D eigenvalue weighted by Crippen LogP contribution is 2.31. The van der Waals surface area contributed by atoms with E-state index in [0.29, 0.717) is 11.4 Å². The fourth-order valence-corrected chi connectivity index (χ4v) is 1.89. The number of hydrogen-bond acceptors (Lipinski definition) is 5. The fourth-order valence-electron chi connectivity index (χ4n) is 1.89. The molecular formula is C16H17N3O3. The van der Waals surface area contributed by atoms with Crippen LogP contribution < -0.4 is 9.64 Å². The Kier molecular flexibility index (Phi) is 4.73. The van der Waals surface area contributed by atoms with Gasteiger partial charge in [-0.2, -0.15) is 0 Å². The molecular weight excluding hydrogens is 282 g/mol. The van der Waals surface area contributed by atoms with E-state index in [0.717, 1.165) is 11.3 Å². The molecule has 0 heterocycles. The Morgan fingerprint density at radius 3 is 2.41 bits per heavy atom. The Balaban J connectivity index is 2.27. The number of aliphatic imine (C=N–C) groups is 1. The van der Waals surface area contributed by atoms with Crippen LogP contribution in [0.5, 0.6) is 5.75 Å². The lowest BCUT2D eigenvalue weighted by Gasteiger charge is -2.11. The molecule has 0 aliphatic carbocycles. The van der Waals surface area contributed by atoms with Gasteiger partial charge >= 0.3 is 0 Å². The zero-order valence-corrected chi connectivity index (χ0v) is 12.7. The number of benzene rings is 2. The standard InChI is InChI=1S/C16H17N3O3/c1-18(2)13-6-4-12(5-7-13)11-17-15-9-8-14(22-3)10-16(15)19(20)21/h4-11H,1-3H3. The van der Waals surface area contributed by atoms with E-state index in [1.165, 1.54) is 13.2 Å². The summed E-state index contributed by atoms with van der Waals surface area (Å²) in [4.78, 5) is 16.8. The third-order valence-corrected chi connectivity index (χ3v) is 3.14. The number of rotatable bonds is 5. The normalized spacial score (nSPS) is 10.7. The molecule has 114 valence electrons. The number of methoxy groups -OCH3 is 1. The van der Waals surface area contributed by atoms with E-state index in [4.69, 9.17) is 4.74 Å². The summed E-state index contributed by atoms with van der Waals surface area (Å²) in [6.07, 6.45) is 1.61. The first-order chi connectivity index (χ1) is 10.5. The maximum Gasteiger partial charge on any atom is 0.298 e. The quantitative estimate of drug-likeness (QED) is 0.482. The van der Waals surface area contributed by atoms with Gasteiger partial charge in [0, 0.05) is 26.0 Å². The monoisotopic (exact) mass is 299 g/mol. The van der Waals surface area contributed by atoms with Crippen molar-refractivity contribution in [1.82, 2.24) is 0 Å². The molecule has 6 heteroatoms. The zero-order chi connectivity index (χ0) is 16.1. The van der Waals surface area contributed by atoms with Crippen LogP contribution in [0, 0.1) is 10.1 Å². The van der Waals surface area contributed by atoms with Crippen LogP contribution in [0.2, 0.25) is 0 Å². The molecule has 0 saturated heterocycles. The van der Waals surface area contributed by atoms with Gasteiger partial charge in [0.05, 0.1) is 18.1 Å². The lowest BCUT2D eigenvalue weighted by Crippen LogP contribution is -2.08. The average Bonchev–Trinajstić information content (AvgIpc) is 2.53. The lowest BCUT2D eigenvalue weighted by atomic mass is 10.2. The predicted molar refractivity (Wildman–Crippen MR) is 87.7 cm³/mol. The van der Waals surface area contributed by atoms with E-state index in [1.807, 2.05) is 43.3 Å². The summed E-state index contributed by atoms with van der Waals surface area (Å²) in [5, 5.41) is 11.1. The number of nitrogens with zero attached hydrogens (tertiary/aromatic N) is 3. The molecule has 0 aliphatic rings. The molecule has 0 N–H and O–H groups in total. The van der Waals surface area contributed by atoms with E-state index in [1.54, 1.807) is 18.3 Å². The molecule has 2 aromatic carbocycles. The second-order valence-electron chi connectivity index (χ2n) is 4.86. The molecule has 0 aromatic heterocycles. The Hall–Kier alpha value is -2.89. The van der Waals surface area contributed by atoms with E-state index in [2.05, 4.69) is 4.99 Å². The van der Waals surface area contributed by atoms with Crippen molar-refractivity contribution in [2.24, 2.45) is 4.99 Å². The summed E-state index contributed by atoms with van der Waals surface area (Å²) in [5.41, 5.74) is 2.16. The highest BCUT2D eigenvalue weighted by atomic mass is 16.6. The highest BCUT2D eigenvalue weighted by molar-refractivity contribution is 5.84. The summed E-state index contributed by atoms with van der Waals surface area (Å²) >= 11 is 0. The van der Waals surface area contributed by atoms with Gasteiger partial charge in [-0.25, -0.2) is 4.99 Å². The molecule has 0 atom stereocenters. The number of nitro benzene ring substituents is 1. The molecule has 0 amide bonds. The summed E-state index contributed by atoms with van der Waals surface area (Å²) in [6.45, 7) is 0. The fraction of sp³-hybridized carbons (Fsp3) is 0.188. The Morgan fingerprint density at radius 1 is 1.18 bits per heavy atom. The van der Waals surface area contributed by atoms with Crippen LogP contribution in [-0.2, 0) is 0 Å². The zero-order valence-electron chi connectivity index (χ0n) is 12.7. The van der Waals surface area contributed by atoms with Gasteiger partial charge in [-0.05, 0) is 29.8 Å². The van der Waals surface area contributed by atoms with Gasteiger partial charge in [-0.15, -0.1) is 0 Å². The highest BCUT2D eigenvalue weighted by Gasteiger charge is 2.14. The molecule has 0 spiro atoms. The molecule has 2 aromatic rings. The Morgan fingerprint density at radius 2 is 1.86 bits per heavy atom. The molecule has 0 radical (unpaired) electrons. The second kappa shape index (κ2) is 6.71. The summed E-state index contributed by atoms with van der Waals surface area (Å²) in [5.74, 6) is 0.431. The first-order valence-corrected chi connectivity index (χ1v) is 6.65. The Bertz CT molecular complexity index is 694. The third-order valence-electron chi connectivity index (χ3n) is 3.14. The van der Waals surface area contributed by atoms with Crippen LogP contribution in [0.4, 0.5) is 17.1 Å². The van der Waals surface area contributed by atoms with Gasteiger partial charge in [0.25, 0.3) is 5.69 Å². The lowest BCUT2D eigenvalue weighted by molar-refractivity contribution is -0.384. The van der Waals surface area contributed by atoms with Crippen LogP contribution in [-0.4, -0.2) is 32.3 Å². The minimum Gasteiger partial charge on any atom is -0.496 e. The van der Waals surface area contributed by atoms with E-state index in [9.17, 15) is 10.1 Å². The average molecular weight is 299 g/mol. The van der Waals surface area contributed by atoms with Gasteiger partial charge in [0.1, 0.15) is 11.4 Å². The number of anilines is 1. The van der Waals surface area contributed by atoms with Gasteiger partial charge in [-0.3, -0.25) is 10.1 Å². The van der Waals surface area contributed by atoms with Crippen LogP contribution in [0.1, 0.15) is 5.56 Å². The van der Waals surface area contributed by atoms with E-state index < -0.39 is 4.92 Å². The minimum atomic E-state index is -0.468. The van der Waals surface area contributed by atoms with Crippen molar-refractivity contribution in [3.8, 4) is 5.75 Å². The van der Waals surface area contributed by atoms with Crippen molar-refractivity contribution in [3.63, 3.8) is 0 Å². The SMILES string of the molecule is COc1ccc(N=Cc2ccc(N(C)C)cc2)c([N+](=O)[O-])c1. The minimum absolute atomic E-state index is 0.0829. The van der Waals surface area contributed by atoms with Crippen LogP contribution >= 0.6 is 0 Å².